The van der Waals surface area contributed by atoms with Crippen LogP contribution in [-0.2, 0) is 37.5 Å². The number of carboxylic acid groups (broad SMARTS) is 1. The molecule has 11 nitrogen and oxygen atoms in total. The number of esters is 2. The number of carbonyl (C=O) groups excluding carboxylic acids is 2. The molecule has 0 aliphatic heterocycles. The lowest BCUT2D eigenvalue weighted by molar-refractivity contribution is -0.161. The lowest BCUT2D eigenvalue weighted by Crippen LogP contribution is -2.34. The Balaban J connectivity index is 4.26. The van der Waals surface area contributed by atoms with Crippen molar-refractivity contribution in [2.24, 2.45) is 5.73 Å². The van der Waals surface area contributed by atoms with E-state index in [0.717, 1.165) is 38.5 Å². The smallest absolute Gasteiger partial charge is 0.472 e. The number of carboxylic acids is 1. The van der Waals surface area contributed by atoms with E-state index in [1.54, 1.807) is 0 Å². The largest absolute Gasteiger partial charge is 0.480 e. The molecule has 0 heterocycles. The van der Waals surface area contributed by atoms with Gasteiger partial charge >= 0.3 is 25.7 Å². The van der Waals surface area contributed by atoms with E-state index in [1.807, 2.05) is 0 Å². The van der Waals surface area contributed by atoms with Crippen molar-refractivity contribution in [1.82, 2.24) is 0 Å². The van der Waals surface area contributed by atoms with Crippen molar-refractivity contribution in [3.63, 3.8) is 0 Å². The molecular formula is C45H88NO10P. The fourth-order valence-electron chi connectivity index (χ4n) is 6.89. The van der Waals surface area contributed by atoms with Gasteiger partial charge in [-0.25, -0.2) is 4.57 Å². The summed E-state index contributed by atoms with van der Waals surface area (Å²) in [7, 11) is -4.71. The number of phosphoric ester groups is 1. The molecule has 3 unspecified atom stereocenters. The highest BCUT2D eigenvalue weighted by Gasteiger charge is 2.28. The van der Waals surface area contributed by atoms with E-state index in [9.17, 15) is 23.8 Å². The fourth-order valence-corrected chi connectivity index (χ4v) is 7.67. The Bertz CT molecular complexity index is 984. The van der Waals surface area contributed by atoms with Crippen LogP contribution in [0.3, 0.4) is 0 Å². The minimum atomic E-state index is -4.71. The van der Waals surface area contributed by atoms with E-state index >= 15 is 0 Å². The summed E-state index contributed by atoms with van der Waals surface area (Å²) in [6.45, 7) is 2.85. The van der Waals surface area contributed by atoms with Gasteiger partial charge in [0.2, 0.25) is 0 Å². The van der Waals surface area contributed by atoms with Gasteiger partial charge in [-0.2, -0.15) is 0 Å². The zero-order chi connectivity index (χ0) is 42.1. The van der Waals surface area contributed by atoms with Crippen molar-refractivity contribution < 1.29 is 47.5 Å². The second kappa shape index (κ2) is 41.2. The summed E-state index contributed by atoms with van der Waals surface area (Å²) < 4.78 is 32.8. The minimum Gasteiger partial charge on any atom is -0.480 e. The number of unbranched alkanes of at least 4 members (excludes halogenated alkanes) is 31. The Morgan fingerprint density at radius 3 is 1.11 bits per heavy atom. The summed E-state index contributed by atoms with van der Waals surface area (Å²) in [5, 5.41) is 8.90. The molecule has 0 aromatic heterocycles. The van der Waals surface area contributed by atoms with Gasteiger partial charge in [0.15, 0.2) is 6.10 Å². The van der Waals surface area contributed by atoms with Crippen LogP contribution in [0, 0.1) is 0 Å². The Hall–Kier alpha value is -1.52. The molecule has 57 heavy (non-hydrogen) atoms. The van der Waals surface area contributed by atoms with Crippen LogP contribution in [0.5, 0.6) is 0 Å². The van der Waals surface area contributed by atoms with Gasteiger partial charge in [0.05, 0.1) is 13.2 Å². The molecule has 0 saturated carbocycles. The number of phosphoric acid groups is 1. The van der Waals surface area contributed by atoms with Crippen molar-refractivity contribution in [3.05, 3.63) is 0 Å². The summed E-state index contributed by atoms with van der Waals surface area (Å²) in [6, 6.07) is -1.52. The third kappa shape index (κ3) is 41.0. The van der Waals surface area contributed by atoms with Gasteiger partial charge in [0.25, 0.3) is 0 Å². The highest BCUT2D eigenvalue weighted by atomic mass is 31.2. The molecule has 0 fully saturated rings. The molecule has 4 N–H and O–H groups in total. The Kier molecular flexibility index (Phi) is 40.1. The SMILES string of the molecule is CCCCCCCCCCCCCCCCCCCC(=O)OC(COC(=O)CCCCCCCCCCCCCCCCCC)COP(=O)(O)OCC(N)C(=O)O. The van der Waals surface area contributed by atoms with Gasteiger partial charge in [-0.1, -0.05) is 213 Å². The van der Waals surface area contributed by atoms with Gasteiger partial charge in [-0.05, 0) is 12.8 Å². The van der Waals surface area contributed by atoms with E-state index in [-0.39, 0.29) is 19.4 Å². The van der Waals surface area contributed by atoms with Crippen molar-refractivity contribution in [2.45, 2.75) is 251 Å². The number of carbonyl (C=O) groups is 3. The van der Waals surface area contributed by atoms with Gasteiger partial charge in [0, 0.05) is 12.8 Å². The first kappa shape index (κ1) is 55.5. The minimum absolute atomic E-state index is 0.170. The summed E-state index contributed by atoms with van der Waals surface area (Å²) in [5.41, 5.74) is 5.34. The lowest BCUT2D eigenvalue weighted by atomic mass is 10.0. The zero-order valence-electron chi connectivity index (χ0n) is 36.7. The molecule has 3 atom stereocenters. The number of hydrogen-bond donors (Lipinski definition) is 3. The van der Waals surface area contributed by atoms with Crippen LogP contribution in [-0.4, -0.2) is 59.9 Å². The second-order valence-corrected chi connectivity index (χ2v) is 17.7. The number of nitrogens with two attached hydrogens (primary N) is 1. The fraction of sp³-hybridized carbons (Fsp3) is 0.933. The summed E-state index contributed by atoms with van der Waals surface area (Å²) >= 11 is 0. The van der Waals surface area contributed by atoms with Gasteiger partial charge in [0.1, 0.15) is 12.6 Å². The monoisotopic (exact) mass is 834 g/mol. The molecule has 0 aliphatic rings. The van der Waals surface area contributed by atoms with E-state index in [1.165, 1.54) is 161 Å². The van der Waals surface area contributed by atoms with Crippen LogP contribution in [0.2, 0.25) is 0 Å². The van der Waals surface area contributed by atoms with Crippen molar-refractivity contribution >= 4 is 25.7 Å². The molecule has 0 radical (unpaired) electrons. The molecule has 0 aromatic carbocycles. The van der Waals surface area contributed by atoms with E-state index in [0.29, 0.717) is 12.8 Å². The quantitative estimate of drug-likeness (QED) is 0.0303. The summed E-state index contributed by atoms with van der Waals surface area (Å²) in [6.07, 6.45) is 40.2. The van der Waals surface area contributed by atoms with Crippen LogP contribution in [0.4, 0.5) is 0 Å². The van der Waals surface area contributed by atoms with Crippen molar-refractivity contribution in [3.8, 4) is 0 Å². The first-order valence-corrected chi connectivity index (χ1v) is 25.1. The summed E-state index contributed by atoms with van der Waals surface area (Å²) in [5.74, 6) is -2.35. The van der Waals surface area contributed by atoms with Crippen molar-refractivity contribution in [2.75, 3.05) is 19.8 Å². The molecule has 0 bridgehead atoms. The number of aliphatic carboxylic acids is 1. The molecule has 0 amide bonds. The third-order valence-electron chi connectivity index (χ3n) is 10.6. The van der Waals surface area contributed by atoms with Crippen LogP contribution in [0.15, 0.2) is 0 Å². The lowest BCUT2D eigenvalue weighted by Gasteiger charge is -2.20. The van der Waals surface area contributed by atoms with E-state index in [2.05, 4.69) is 18.4 Å². The standard InChI is InChI=1S/C45H88NO10P/c1-3-5-7-9-11-13-15-17-19-21-23-25-27-29-31-33-35-37-44(48)56-41(39-54-57(51,52)55-40-42(46)45(49)50)38-53-43(47)36-34-32-30-28-26-24-22-20-18-16-14-12-10-8-6-4-2/h41-42H,3-40,46H2,1-2H3,(H,49,50)(H,51,52). The molecule has 0 aliphatic carbocycles. The van der Waals surface area contributed by atoms with E-state index < -0.39 is 51.1 Å². The van der Waals surface area contributed by atoms with Crippen LogP contribution >= 0.6 is 7.82 Å². The predicted octanol–water partition coefficient (Wildman–Crippen LogP) is 12.7. The maximum absolute atomic E-state index is 12.6. The topological polar surface area (TPSA) is 172 Å². The Morgan fingerprint density at radius 1 is 0.474 bits per heavy atom. The maximum atomic E-state index is 12.6. The molecule has 338 valence electrons. The Labute approximate surface area is 348 Å². The highest BCUT2D eigenvalue weighted by Crippen LogP contribution is 2.43. The van der Waals surface area contributed by atoms with Crippen LogP contribution < -0.4 is 5.73 Å². The third-order valence-corrected chi connectivity index (χ3v) is 11.6. The highest BCUT2D eigenvalue weighted by molar-refractivity contribution is 7.47. The first-order chi connectivity index (χ1) is 27.6. The zero-order valence-corrected chi connectivity index (χ0v) is 37.6. The van der Waals surface area contributed by atoms with Crippen LogP contribution in [0.25, 0.3) is 0 Å². The van der Waals surface area contributed by atoms with E-state index in [4.69, 9.17) is 24.8 Å². The van der Waals surface area contributed by atoms with Gasteiger partial charge in [-0.3, -0.25) is 23.4 Å². The molecular weight excluding hydrogens is 745 g/mol. The molecule has 0 saturated heterocycles. The average molecular weight is 834 g/mol. The molecule has 0 spiro atoms. The van der Waals surface area contributed by atoms with Gasteiger partial charge in [-0.15, -0.1) is 0 Å². The van der Waals surface area contributed by atoms with Crippen molar-refractivity contribution in [1.29, 1.82) is 0 Å². The molecule has 0 aromatic rings. The van der Waals surface area contributed by atoms with Gasteiger partial charge < -0.3 is 25.2 Å². The average Bonchev–Trinajstić information content (AvgIpc) is 3.19. The molecule has 0 rings (SSSR count). The number of rotatable bonds is 45. The predicted molar refractivity (Wildman–Crippen MR) is 231 cm³/mol. The molecule has 12 heteroatoms. The number of hydrogen-bond acceptors (Lipinski definition) is 9. The number of ether oxygens (including phenoxy) is 2. The normalized spacial score (nSPS) is 13.6. The Morgan fingerprint density at radius 2 is 0.772 bits per heavy atom. The summed E-state index contributed by atoms with van der Waals surface area (Å²) in [4.78, 5) is 46.0. The van der Waals surface area contributed by atoms with Crippen LogP contribution in [0.1, 0.15) is 239 Å². The maximum Gasteiger partial charge on any atom is 0.472 e. The second-order valence-electron chi connectivity index (χ2n) is 16.3. The first-order valence-electron chi connectivity index (χ1n) is 23.6.